The molecule has 0 saturated heterocycles. The Morgan fingerprint density at radius 3 is 2.92 bits per heavy atom. The fourth-order valence-electron chi connectivity index (χ4n) is 2.20. The third-order valence-corrected chi connectivity index (χ3v) is 4.65. The van der Waals surface area contributed by atoms with E-state index >= 15 is 0 Å². The first-order valence-corrected chi connectivity index (χ1v) is 8.73. The summed E-state index contributed by atoms with van der Waals surface area (Å²) in [5.41, 5.74) is 1.61. The highest BCUT2D eigenvalue weighted by Crippen LogP contribution is 2.27. The lowest BCUT2D eigenvalue weighted by molar-refractivity contribution is -0.384. The van der Waals surface area contributed by atoms with Crippen LogP contribution in [0.1, 0.15) is 0 Å². The number of rotatable bonds is 6. The monoisotopic (exact) mass is 392 g/mol. The highest BCUT2D eigenvalue weighted by molar-refractivity contribution is 7.99. The second kappa shape index (κ2) is 7.63. The smallest absolute Gasteiger partial charge is 0.271 e. The zero-order valence-corrected chi connectivity index (χ0v) is 15.1. The van der Waals surface area contributed by atoms with Crippen molar-refractivity contribution in [3.05, 3.63) is 51.5 Å². The van der Waals surface area contributed by atoms with Crippen molar-refractivity contribution in [1.29, 1.82) is 0 Å². The number of aromatic amines is 1. The molecule has 3 rings (SSSR count). The van der Waals surface area contributed by atoms with Gasteiger partial charge in [0.05, 0.1) is 39.5 Å². The quantitative estimate of drug-likeness (QED) is 0.374. The van der Waals surface area contributed by atoms with E-state index in [-0.39, 0.29) is 28.1 Å². The molecule has 0 bridgehead atoms. The Kier molecular flexibility index (Phi) is 5.29. The standard InChI is InChI=1S/C16H13ClN4O4S/c1-25-10-3-5-12-14(7-10)20-16(19-12)26-8-15(22)18-13-6-9(21(23)24)2-4-11(13)17/h2-7H,8H2,1H3,(H,18,22)(H,19,20). The van der Waals surface area contributed by atoms with E-state index in [1.54, 1.807) is 13.2 Å². The molecule has 1 amide bonds. The zero-order chi connectivity index (χ0) is 18.7. The van der Waals surface area contributed by atoms with Gasteiger partial charge in [-0.15, -0.1) is 0 Å². The third kappa shape index (κ3) is 4.06. The highest BCUT2D eigenvalue weighted by Gasteiger charge is 2.13. The number of carbonyl (C=O) groups excluding carboxylic acids is 1. The van der Waals surface area contributed by atoms with Gasteiger partial charge in [-0.2, -0.15) is 0 Å². The first-order chi connectivity index (χ1) is 12.5. The minimum atomic E-state index is -0.552. The Morgan fingerprint density at radius 2 is 2.19 bits per heavy atom. The number of H-pyrrole nitrogens is 1. The van der Waals surface area contributed by atoms with Crippen molar-refractivity contribution < 1.29 is 14.5 Å². The number of anilines is 1. The fraction of sp³-hybridized carbons (Fsp3) is 0.125. The molecule has 8 nitrogen and oxygen atoms in total. The second-order valence-electron chi connectivity index (χ2n) is 5.18. The van der Waals surface area contributed by atoms with Gasteiger partial charge in [0.1, 0.15) is 5.75 Å². The van der Waals surface area contributed by atoms with E-state index in [4.69, 9.17) is 16.3 Å². The summed E-state index contributed by atoms with van der Waals surface area (Å²) in [5, 5.41) is 14.2. The number of nitrogens with one attached hydrogen (secondary N) is 2. The minimum Gasteiger partial charge on any atom is -0.497 e. The summed E-state index contributed by atoms with van der Waals surface area (Å²) in [6, 6.07) is 9.30. The molecule has 2 N–H and O–H groups in total. The Balaban J connectivity index is 1.66. The molecule has 0 aliphatic carbocycles. The third-order valence-electron chi connectivity index (χ3n) is 3.44. The predicted molar refractivity (Wildman–Crippen MR) is 100 cm³/mol. The van der Waals surface area contributed by atoms with Crippen LogP contribution in [0, 0.1) is 10.1 Å². The molecule has 1 heterocycles. The van der Waals surface area contributed by atoms with Crippen LogP contribution in [0.25, 0.3) is 11.0 Å². The lowest BCUT2D eigenvalue weighted by Gasteiger charge is -2.06. The molecule has 0 aliphatic rings. The number of thioether (sulfide) groups is 1. The van der Waals surface area contributed by atoms with Gasteiger partial charge in [-0.3, -0.25) is 14.9 Å². The van der Waals surface area contributed by atoms with Crippen LogP contribution in [0.2, 0.25) is 5.02 Å². The number of imidazole rings is 1. The van der Waals surface area contributed by atoms with Crippen LogP contribution >= 0.6 is 23.4 Å². The molecular formula is C16H13ClN4O4S. The lowest BCUT2D eigenvalue weighted by atomic mass is 10.3. The average Bonchev–Trinajstić information content (AvgIpc) is 3.03. The fourth-order valence-corrected chi connectivity index (χ4v) is 3.05. The minimum absolute atomic E-state index is 0.0655. The number of nitro benzene ring substituents is 1. The van der Waals surface area contributed by atoms with E-state index in [9.17, 15) is 14.9 Å². The van der Waals surface area contributed by atoms with Gasteiger partial charge in [0.15, 0.2) is 5.16 Å². The van der Waals surface area contributed by atoms with Crippen LogP contribution in [0.3, 0.4) is 0 Å². The first-order valence-electron chi connectivity index (χ1n) is 7.36. The van der Waals surface area contributed by atoms with Crippen LogP contribution in [-0.4, -0.2) is 33.7 Å². The van der Waals surface area contributed by atoms with Crippen molar-refractivity contribution >= 4 is 51.7 Å². The number of benzene rings is 2. The molecular weight excluding hydrogens is 380 g/mol. The molecule has 134 valence electrons. The molecule has 2 aromatic carbocycles. The molecule has 0 aliphatic heterocycles. The molecule has 26 heavy (non-hydrogen) atoms. The topological polar surface area (TPSA) is 110 Å². The lowest BCUT2D eigenvalue weighted by Crippen LogP contribution is -2.14. The Morgan fingerprint density at radius 1 is 1.38 bits per heavy atom. The van der Waals surface area contributed by atoms with Gasteiger partial charge >= 0.3 is 0 Å². The SMILES string of the molecule is COc1ccc2nc(SCC(=O)Nc3cc([N+](=O)[O-])ccc3Cl)[nH]c2c1. The highest BCUT2D eigenvalue weighted by atomic mass is 35.5. The Hall–Kier alpha value is -2.78. The van der Waals surface area contributed by atoms with Crippen molar-refractivity contribution in [2.24, 2.45) is 0 Å². The van der Waals surface area contributed by atoms with Crippen LogP contribution in [0.15, 0.2) is 41.6 Å². The molecule has 0 atom stereocenters. The number of fused-ring (bicyclic) bond motifs is 1. The van der Waals surface area contributed by atoms with E-state index in [0.29, 0.717) is 10.9 Å². The van der Waals surface area contributed by atoms with Crippen molar-refractivity contribution in [2.75, 3.05) is 18.2 Å². The molecule has 0 fully saturated rings. The van der Waals surface area contributed by atoms with Crippen LogP contribution in [-0.2, 0) is 4.79 Å². The molecule has 0 saturated carbocycles. The molecule has 1 aromatic heterocycles. The number of ether oxygens (including phenoxy) is 1. The summed E-state index contributed by atoms with van der Waals surface area (Å²) in [7, 11) is 1.58. The predicted octanol–water partition coefficient (Wildman–Crippen LogP) is 3.86. The van der Waals surface area contributed by atoms with Gasteiger partial charge in [-0.1, -0.05) is 23.4 Å². The molecule has 0 unspecified atom stereocenters. The number of nitrogens with zero attached hydrogens (tertiary/aromatic N) is 2. The number of aromatic nitrogens is 2. The summed E-state index contributed by atoms with van der Waals surface area (Å²) in [6.07, 6.45) is 0. The summed E-state index contributed by atoms with van der Waals surface area (Å²) in [5.74, 6) is 0.418. The molecule has 0 radical (unpaired) electrons. The number of amides is 1. The molecule has 10 heteroatoms. The maximum atomic E-state index is 12.1. The summed E-state index contributed by atoms with van der Waals surface area (Å²) in [6.45, 7) is 0. The van der Waals surface area contributed by atoms with E-state index in [0.717, 1.165) is 11.0 Å². The normalized spacial score (nSPS) is 10.7. The number of nitro groups is 1. The van der Waals surface area contributed by atoms with Crippen molar-refractivity contribution in [2.45, 2.75) is 5.16 Å². The average molecular weight is 393 g/mol. The summed E-state index contributed by atoms with van der Waals surface area (Å²) in [4.78, 5) is 29.9. The van der Waals surface area contributed by atoms with Gasteiger partial charge in [0.25, 0.3) is 5.69 Å². The summed E-state index contributed by atoms with van der Waals surface area (Å²) < 4.78 is 5.15. The van der Waals surface area contributed by atoms with Crippen LogP contribution in [0.5, 0.6) is 5.75 Å². The number of non-ortho nitro benzene ring substituents is 1. The largest absolute Gasteiger partial charge is 0.497 e. The maximum Gasteiger partial charge on any atom is 0.271 e. The molecule has 3 aromatic rings. The first kappa shape index (κ1) is 18.0. The van der Waals surface area contributed by atoms with Gasteiger partial charge in [-0.05, 0) is 18.2 Å². The number of hydrogen-bond acceptors (Lipinski definition) is 6. The maximum absolute atomic E-state index is 12.1. The summed E-state index contributed by atoms with van der Waals surface area (Å²) >= 11 is 7.18. The Labute approximate surface area is 157 Å². The van der Waals surface area contributed by atoms with Gasteiger partial charge < -0.3 is 15.0 Å². The number of halogens is 1. The van der Waals surface area contributed by atoms with Crippen molar-refractivity contribution in [3.8, 4) is 5.75 Å². The number of hydrogen-bond donors (Lipinski definition) is 2. The van der Waals surface area contributed by atoms with Crippen molar-refractivity contribution in [3.63, 3.8) is 0 Å². The van der Waals surface area contributed by atoms with Crippen molar-refractivity contribution in [1.82, 2.24) is 9.97 Å². The number of methoxy groups -OCH3 is 1. The van der Waals surface area contributed by atoms with Crippen LogP contribution in [0.4, 0.5) is 11.4 Å². The van der Waals surface area contributed by atoms with Gasteiger partial charge in [-0.25, -0.2) is 4.98 Å². The van der Waals surface area contributed by atoms with Crippen LogP contribution < -0.4 is 10.1 Å². The number of carbonyl (C=O) groups is 1. The van der Waals surface area contributed by atoms with Gasteiger partial charge in [0, 0.05) is 18.2 Å². The Bertz CT molecular complexity index is 992. The van der Waals surface area contributed by atoms with E-state index in [1.807, 2.05) is 12.1 Å². The van der Waals surface area contributed by atoms with E-state index in [1.165, 1.54) is 30.0 Å². The molecule has 0 spiro atoms. The van der Waals surface area contributed by atoms with E-state index < -0.39 is 4.92 Å². The zero-order valence-electron chi connectivity index (χ0n) is 13.5. The van der Waals surface area contributed by atoms with E-state index in [2.05, 4.69) is 15.3 Å². The van der Waals surface area contributed by atoms with Gasteiger partial charge in [0.2, 0.25) is 5.91 Å². The second-order valence-corrected chi connectivity index (χ2v) is 6.55.